The van der Waals surface area contributed by atoms with E-state index < -0.39 is 0 Å². The SMILES string of the molecule is Cc1ccccc1N(c1ccccc1)c1ccc(-c2ccc3c(c2)sc2cccc(-c4nc(-c5ccccc5)nc(-c5ccccc5)n4)c23)cc1. The second-order valence-corrected chi connectivity index (χ2v) is 13.6. The van der Waals surface area contributed by atoms with Gasteiger partial charge in [0.25, 0.3) is 0 Å². The Labute approximate surface area is 301 Å². The van der Waals surface area contributed by atoms with Crippen molar-refractivity contribution in [2.45, 2.75) is 6.92 Å². The van der Waals surface area contributed by atoms with E-state index in [2.05, 4.69) is 127 Å². The third kappa shape index (κ3) is 5.84. The molecule has 0 aliphatic heterocycles. The highest BCUT2D eigenvalue weighted by atomic mass is 32.1. The van der Waals surface area contributed by atoms with Gasteiger partial charge in [-0.1, -0.05) is 133 Å². The molecule has 0 radical (unpaired) electrons. The molecule has 0 aliphatic carbocycles. The molecule has 0 saturated carbocycles. The molecule has 2 heterocycles. The minimum absolute atomic E-state index is 0.662. The van der Waals surface area contributed by atoms with E-state index in [0.717, 1.165) is 28.1 Å². The van der Waals surface area contributed by atoms with Crippen molar-refractivity contribution in [3.63, 3.8) is 0 Å². The fourth-order valence-electron chi connectivity index (χ4n) is 6.74. The summed E-state index contributed by atoms with van der Waals surface area (Å²) in [5, 5.41) is 2.36. The van der Waals surface area contributed by atoms with Gasteiger partial charge >= 0.3 is 0 Å². The van der Waals surface area contributed by atoms with Gasteiger partial charge in [0.2, 0.25) is 0 Å². The van der Waals surface area contributed by atoms with Gasteiger partial charge in [-0.3, -0.25) is 0 Å². The molecular formula is C46H32N4S. The zero-order chi connectivity index (χ0) is 34.1. The normalized spacial score (nSPS) is 11.2. The molecule has 9 aromatic rings. The number of aryl methyl sites for hydroxylation is 1. The van der Waals surface area contributed by atoms with E-state index >= 15 is 0 Å². The number of nitrogens with zero attached hydrogens (tertiary/aromatic N) is 4. The van der Waals surface area contributed by atoms with Crippen LogP contribution in [-0.2, 0) is 0 Å². The van der Waals surface area contributed by atoms with Crippen LogP contribution in [0.4, 0.5) is 17.1 Å². The second kappa shape index (κ2) is 13.1. The molecule has 0 bridgehead atoms. The molecule has 7 aromatic carbocycles. The maximum atomic E-state index is 5.05. The molecule has 2 aromatic heterocycles. The molecule has 4 nitrogen and oxygen atoms in total. The lowest BCUT2D eigenvalue weighted by molar-refractivity contribution is 1.08. The fraction of sp³-hybridized carbons (Fsp3) is 0.0217. The van der Waals surface area contributed by atoms with Crippen LogP contribution in [0.15, 0.2) is 176 Å². The number of fused-ring (bicyclic) bond motifs is 3. The summed E-state index contributed by atoms with van der Waals surface area (Å²) in [5.74, 6) is 1.99. The fourth-order valence-corrected chi connectivity index (χ4v) is 7.91. The van der Waals surface area contributed by atoms with Crippen molar-refractivity contribution in [2.24, 2.45) is 0 Å². The molecule has 0 aliphatic rings. The van der Waals surface area contributed by atoms with Crippen LogP contribution in [0.2, 0.25) is 0 Å². The first-order valence-electron chi connectivity index (χ1n) is 17.0. The van der Waals surface area contributed by atoms with E-state index in [-0.39, 0.29) is 0 Å². The van der Waals surface area contributed by atoms with Gasteiger partial charge in [-0.05, 0) is 66.1 Å². The van der Waals surface area contributed by atoms with Crippen LogP contribution in [0.25, 0.3) is 65.5 Å². The summed E-state index contributed by atoms with van der Waals surface area (Å²) in [4.78, 5) is 17.3. The molecular weight excluding hydrogens is 641 g/mol. The predicted octanol–water partition coefficient (Wildman–Crippen LogP) is 12.7. The van der Waals surface area contributed by atoms with E-state index in [0.29, 0.717) is 17.5 Å². The number of benzene rings is 7. The lowest BCUT2D eigenvalue weighted by atomic mass is 10.0. The molecule has 0 N–H and O–H groups in total. The highest BCUT2D eigenvalue weighted by Crippen LogP contribution is 2.42. The van der Waals surface area contributed by atoms with Crippen LogP contribution in [0.1, 0.15) is 5.56 Å². The van der Waals surface area contributed by atoms with Crippen LogP contribution in [0, 0.1) is 6.92 Å². The first kappa shape index (κ1) is 30.6. The number of hydrogen-bond acceptors (Lipinski definition) is 5. The maximum absolute atomic E-state index is 5.05. The Morgan fingerprint density at radius 3 is 1.67 bits per heavy atom. The Morgan fingerprint density at radius 2 is 1.00 bits per heavy atom. The largest absolute Gasteiger partial charge is 0.310 e. The number of hydrogen-bond donors (Lipinski definition) is 0. The van der Waals surface area contributed by atoms with Crippen molar-refractivity contribution in [3.8, 4) is 45.3 Å². The smallest absolute Gasteiger partial charge is 0.164 e. The number of para-hydroxylation sites is 2. The zero-order valence-electron chi connectivity index (χ0n) is 27.9. The quantitative estimate of drug-likeness (QED) is 0.169. The van der Waals surface area contributed by atoms with Crippen molar-refractivity contribution in [3.05, 3.63) is 181 Å². The first-order chi connectivity index (χ1) is 25.2. The summed E-state index contributed by atoms with van der Waals surface area (Å²) >= 11 is 1.81. The van der Waals surface area contributed by atoms with Crippen LogP contribution >= 0.6 is 11.3 Å². The summed E-state index contributed by atoms with van der Waals surface area (Å²) in [6, 6.07) is 61.5. The van der Waals surface area contributed by atoms with Gasteiger partial charge in [-0.15, -0.1) is 11.3 Å². The highest BCUT2D eigenvalue weighted by Gasteiger charge is 2.18. The summed E-state index contributed by atoms with van der Waals surface area (Å²) in [6.45, 7) is 2.16. The molecule has 0 fully saturated rings. The highest BCUT2D eigenvalue weighted by molar-refractivity contribution is 7.26. The van der Waals surface area contributed by atoms with Crippen LogP contribution in [0.5, 0.6) is 0 Å². The van der Waals surface area contributed by atoms with Crippen LogP contribution in [0.3, 0.4) is 0 Å². The Bertz CT molecular complexity index is 2580. The number of rotatable bonds is 7. The average Bonchev–Trinajstić information content (AvgIpc) is 3.58. The molecule has 0 spiro atoms. The van der Waals surface area contributed by atoms with E-state index in [4.69, 9.17) is 15.0 Å². The predicted molar refractivity (Wildman–Crippen MR) is 214 cm³/mol. The number of anilines is 3. The minimum atomic E-state index is 0.662. The third-order valence-electron chi connectivity index (χ3n) is 9.27. The van der Waals surface area contributed by atoms with Crippen molar-refractivity contribution >= 4 is 48.6 Å². The van der Waals surface area contributed by atoms with Gasteiger partial charge in [0.1, 0.15) is 0 Å². The van der Waals surface area contributed by atoms with Gasteiger partial charge in [0.15, 0.2) is 17.5 Å². The Morgan fingerprint density at radius 1 is 0.431 bits per heavy atom. The first-order valence-corrected chi connectivity index (χ1v) is 17.9. The van der Waals surface area contributed by atoms with E-state index in [1.54, 1.807) is 11.3 Å². The summed E-state index contributed by atoms with van der Waals surface area (Å²) in [6.07, 6.45) is 0. The Kier molecular flexibility index (Phi) is 7.88. The van der Waals surface area contributed by atoms with Gasteiger partial charge in [0.05, 0.1) is 0 Å². The standard InChI is InChI=1S/C46H32N4S/c1-31-14-11-12-22-40(31)50(36-19-9-4-10-20-36)37-27-24-32(25-28-37)35-26-29-38-42(30-35)51-41-23-13-21-39(43(38)41)46-48-44(33-15-5-2-6-16-33)47-45(49-46)34-17-7-3-8-18-34/h2-30H,1H3. The van der Waals surface area contributed by atoms with E-state index in [9.17, 15) is 0 Å². The van der Waals surface area contributed by atoms with Gasteiger partial charge in [-0.25, -0.2) is 15.0 Å². The molecule has 5 heteroatoms. The number of aromatic nitrogens is 3. The summed E-state index contributed by atoms with van der Waals surface area (Å²) in [7, 11) is 0. The molecule has 242 valence electrons. The molecule has 0 saturated heterocycles. The Hall–Kier alpha value is -6.43. The zero-order valence-corrected chi connectivity index (χ0v) is 28.8. The Balaban J connectivity index is 1.12. The monoisotopic (exact) mass is 672 g/mol. The second-order valence-electron chi connectivity index (χ2n) is 12.5. The van der Waals surface area contributed by atoms with Crippen molar-refractivity contribution in [1.82, 2.24) is 15.0 Å². The van der Waals surface area contributed by atoms with Gasteiger partial charge < -0.3 is 4.90 Å². The summed E-state index contributed by atoms with van der Waals surface area (Å²) < 4.78 is 2.43. The van der Waals surface area contributed by atoms with Crippen molar-refractivity contribution in [1.29, 1.82) is 0 Å². The topological polar surface area (TPSA) is 41.9 Å². The van der Waals surface area contributed by atoms with Gasteiger partial charge in [-0.2, -0.15) is 0 Å². The molecule has 0 amide bonds. The summed E-state index contributed by atoms with van der Waals surface area (Å²) in [5.41, 5.74) is 9.93. The molecule has 9 rings (SSSR count). The van der Waals surface area contributed by atoms with Crippen LogP contribution < -0.4 is 4.90 Å². The van der Waals surface area contributed by atoms with Crippen molar-refractivity contribution < 1.29 is 0 Å². The lowest BCUT2D eigenvalue weighted by Gasteiger charge is -2.27. The van der Waals surface area contributed by atoms with Crippen LogP contribution in [-0.4, -0.2) is 15.0 Å². The lowest BCUT2D eigenvalue weighted by Crippen LogP contribution is -2.11. The molecule has 0 unspecified atom stereocenters. The van der Waals surface area contributed by atoms with Gasteiger partial charge in [0, 0.05) is 53.9 Å². The number of thiophene rings is 1. The molecule has 51 heavy (non-hydrogen) atoms. The maximum Gasteiger partial charge on any atom is 0.164 e. The van der Waals surface area contributed by atoms with Crippen molar-refractivity contribution in [2.75, 3.05) is 4.90 Å². The van der Waals surface area contributed by atoms with E-state index in [1.165, 1.54) is 42.6 Å². The third-order valence-corrected chi connectivity index (χ3v) is 10.4. The van der Waals surface area contributed by atoms with E-state index in [1.807, 2.05) is 60.7 Å². The molecule has 0 atom stereocenters. The average molecular weight is 673 g/mol. The minimum Gasteiger partial charge on any atom is -0.310 e.